The number of aliphatic carboxylic acids is 1. The monoisotopic (exact) mass is 510 g/mol. The summed E-state index contributed by atoms with van der Waals surface area (Å²) in [4.78, 5) is 36.3. The Balaban J connectivity index is 4.11. The first kappa shape index (κ1) is 34.4. The van der Waals surface area contributed by atoms with Crippen molar-refractivity contribution in [2.75, 3.05) is 6.54 Å². The number of unbranched alkanes of at least 4 members (excludes halogenated alkanes) is 13. The maximum absolute atomic E-state index is 12.7. The summed E-state index contributed by atoms with van der Waals surface area (Å²) in [5.74, 6) is -1.72. The molecular formula is C30H58N2O4. The standard InChI is InChI=1S/C30H58N2O4/c1-7-8-9-10-11-12-13-14-15-16-17-18-19-20-21-25(22-27(34)35)28(36)31-24-30(5,6)23-26(33)32-29(2,3)4/h25H,7-24H2,1-6H3,(H,31,36)(H,32,33)(H,34,35). The molecule has 1 unspecified atom stereocenters. The van der Waals surface area contributed by atoms with Gasteiger partial charge in [0.1, 0.15) is 0 Å². The first-order valence-electron chi connectivity index (χ1n) is 14.7. The van der Waals surface area contributed by atoms with Gasteiger partial charge in [0.2, 0.25) is 11.8 Å². The van der Waals surface area contributed by atoms with Gasteiger partial charge in [0, 0.05) is 24.4 Å². The summed E-state index contributed by atoms with van der Waals surface area (Å²) in [6.07, 6.45) is 18.5. The van der Waals surface area contributed by atoms with Crippen molar-refractivity contribution < 1.29 is 19.5 Å². The van der Waals surface area contributed by atoms with E-state index in [2.05, 4.69) is 17.6 Å². The lowest BCUT2D eigenvalue weighted by molar-refractivity contribution is -0.141. The van der Waals surface area contributed by atoms with E-state index in [4.69, 9.17) is 0 Å². The van der Waals surface area contributed by atoms with Crippen molar-refractivity contribution in [3.63, 3.8) is 0 Å². The zero-order valence-electron chi connectivity index (χ0n) is 24.5. The highest BCUT2D eigenvalue weighted by Crippen LogP contribution is 2.21. The number of amides is 2. The van der Waals surface area contributed by atoms with Gasteiger partial charge in [-0.2, -0.15) is 0 Å². The van der Waals surface area contributed by atoms with Crippen LogP contribution >= 0.6 is 0 Å². The third-order valence-corrected chi connectivity index (χ3v) is 6.59. The summed E-state index contributed by atoms with van der Waals surface area (Å²) in [5.41, 5.74) is -0.704. The predicted octanol–water partition coefficient (Wildman–Crippen LogP) is 7.40. The van der Waals surface area contributed by atoms with Crippen LogP contribution in [0.25, 0.3) is 0 Å². The van der Waals surface area contributed by atoms with Gasteiger partial charge in [-0.25, -0.2) is 0 Å². The van der Waals surface area contributed by atoms with Crippen LogP contribution in [0.5, 0.6) is 0 Å². The molecule has 0 spiro atoms. The van der Waals surface area contributed by atoms with E-state index >= 15 is 0 Å². The van der Waals surface area contributed by atoms with Gasteiger partial charge < -0.3 is 15.7 Å². The average Bonchev–Trinajstić information content (AvgIpc) is 2.75. The zero-order valence-corrected chi connectivity index (χ0v) is 24.5. The predicted molar refractivity (Wildman–Crippen MR) is 150 cm³/mol. The van der Waals surface area contributed by atoms with Crippen molar-refractivity contribution in [3.05, 3.63) is 0 Å². The second-order valence-corrected chi connectivity index (χ2v) is 12.5. The Morgan fingerprint density at radius 2 is 1.17 bits per heavy atom. The number of hydrogen-bond acceptors (Lipinski definition) is 3. The molecular weight excluding hydrogens is 452 g/mol. The highest BCUT2D eigenvalue weighted by atomic mass is 16.4. The second kappa shape index (κ2) is 19.5. The first-order valence-corrected chi connectivity index (χ1v) is 14.7. The van der Waals surface area contributed by atoms with Crippen molar-refractivity contribution in [1.82, 2.24) is 10.6 Å². The lowest BCUT2D eigenvalue weighted by Crippen LogP contribution is -2.45. The molecule has 0 radical (unpaired) electrons. The van der Waals surface area contributed by atoms with Crippen LogP contribution in [0.3, 0.4) is 0 Å². The molecule has 0 heterocycles. The quantitative estimate of drug-likeness (QED) is 0.132. The van der Waals surface area contributed by atoms with E-state index in [9.17, 15) is 19.5 Å². The van der Waals surface area contributed by atoms with Crippen molar-refractivity contribution in [3.8, 4) is 0 Å². The maximum atomic E-state index is 12.7. The van der Waals surface area contributed by atoms with E-state index in [0.29, 0.717) is 19.4 Å². The minimum Gasteiger partial charge on any atom is -0.481 e. The van der Waals surface area contributed by atoms with Crippen LogP contribution in [0.4, 0.5) is 0 Å². The molecule has 1 atom stereocenters. The van der Waals surface area contributed by atoms with Gasteiger partial charge >= 0.3 is 5.97 Å². The van der Waals surface area contributed by atoms with Crippen LogP contribution in [0, 0.1) is 11.3 Å². The third kappa shape index (κ3) is 21.7. The number of hydrogen-bond donors (Lipinski definition) is 3. The summed E-state index contributed by atoms with van der Waals surface area (Å²) < 4.78 is 0. The van der Waals surface area contributed by atoms with Crippen molar-refractivity contribution in [1.29, 1.82) is 0 Å². The number of rotatable bonds is 22. The van der Waals surface area contributed by atoms with Crippen molar-refractivity contribution in [2.45, 2.75) is 156 Å². The molecule has 0 bridgehead atoms. The van der Waals surface area contributed by atoms with Crippen LogP contribution in [0.2, 0.25) is 0 Å². The van der Waals surface area contributed by atoms with Gasteiger partial charge in [0.15, 0.2) is 0 Å². The van der Waals surface area contributed by atoms with Gasteiger partial charge in [-0.1, -0.05) is 111 Å². The number of carbonyl (C=O) groups excluding carboxylic acids is 2. The van der Waals surface area contributed by atoms with Gasteiger partial charge in [-0.15, -0.1) is 0 Å². The highest BCUT2D eigenvalue weighted by Gasteiger charge is 2.27. The van der Waals surface area contributed by atoms with E-state index in [0.717, 1.165) is 19.3 Å². The molecule has 0 fully saturated rings. The minimum absolute atomic E-state index is 0.0498. The van der Waals surface area contributed by atoms with E-state index in [-0.39, 0.29) is 23.8 Å². The smallest absolute Gasteiger partial charge is 0.304 e. The molecule has 6 heteroatoms. The molecule has 0 saturated heterocycles. The molecule has 0 aromatic heterocycles. The number of nitrogens with one attached hydrogen (secondary N) is 2. The van der Waals surface area contributed by atoms with E-state index < -0.39 is 17.3 Å². The topological polar surface area (TPSA) is 95.5 Å². The number of carbonyl (C=O) groups is 3. The molecule has 0 saturated carbocycles. The summed E-state index contributed by atoms with van der Waals surface area (Å²) >= 11 is 0. The third-order valence-electron chi connectivity index (χ3n) is 6.59. The molecule has 36 heavy (non-hydrogen) atoms. The molecule has 0 aliphatic heterocycles. The normalized spacial score (nSPS) is 12.8. The molecule has 3 N–H and O–H groups in total. The number of carboxylic acids is 1. The van der Waals surface area contributed by atoms with Crippen molar-refractivity contribution in [2.24, 2.45) is 11.3 Å². The highest BCUT2D eigenvalue weighted by molar-refractivity contribution is 5.83. The lowest BCUT2D eigenvalue weighted by Gasteiger charge is -2.28. The van der Waals surface area contributed by atoms with Crippen LogP contribution in [0.15, 0.2) is 0 Å². The van der Waals surface area contributed by atoms with E-state index in [1.165, 1.54) is 70.6 Å². The Labute approximate surface area is 222 Å². The summed E-state index contributed by atoms with van der Waals surface area (Å²) in [6.45, 7) is 12.3. The molecule has 212 valence electrons. The molecule has 2 amide bonds. The molecule has 0 aliphatic carbocycles. The molecule has 0 aromatic carbocycles. The fourth-order valence-electron chi connectivity index (χ4n) is 4.55. The van der Waals surface area contributed by atoms with Gasteiger partial charge in [0.25, 0.3) is 0 Å². The number of carboxylic acid groups (broad SMARTS) is 1. The summed E-state index contributed by atoms with van der Waals surface area (Å²) in [7, 11) is 0. The first-order chi connectivity index (χ1) is 16.9. The maximum Gasteiger partial charge on any atom is 0.304 e. The second-order valence-electron chi connectivity index (χ2n) is 12.5. The minimum atomic E-state index is -0.940. The molecule has 0 aliphatic rings. The van der Waals surface area contributed by atoms with Crippen LogP contribution in [-0.4, -0.2) is 35.0 Å². The van der Waals surface area contributed by atoms with Gasteiger partial charge in [-0.05, 0) is 32.6 Å². The molecule has 0 rings (SSSR count). The van der Waals surface area contributed by atoms with Crippen molar-refractivity contribution >= 4 is 17.8 Å². The Bertz CT molecular complexity index is 611. The SMILES string of the molecule is CCCCCCCCCCCCCCCCC(CC(=O)O)C(=O)NCC(C)(C)CC(=O)NC(C)(C)C. The van der Waals surface area contributed by atoms with E-state index in [1.807, 2.05) is 34.6 Å². The van der Waals surface area contributed by atoms with Crippen LogP contribution < -0.4 is 10.6 Å². The molecule has 6 nitrogen and oxygen atoms in total. The lowest BCUT2D eigenvalue weighted by atomic mass is 9.87. The fourth-order valence-corrected chi connectivity index (χ4v) is 4.55. The summed E-state index contributed by atoms with van der Waals surface area (Å²) in [6, 6.07) is 0. The van der Waals surface area contributed by atoms with E-state index in [1.54, 1.807) is 0 Å². The Morgan fingerprint density at radius 3 is 1.58 bits per heavy atom. The van der Waals surface area contributed by atoms with Crippen LogP contribution in [-0.2, 0) is 14.4 Å². The Kier molecular flexibility index (Phi) is 18.7. The molecule has 0 aromatic rings. The summed E-state index contributed by atoms with van der Waals surface area (Å²) in [5, 5.41) is 15.1. The Hall–Kier alpha value is -1.59. The largest absolute Gasteiger partial charge is 0.481 e. The van der Waals surface area contributed by atoms with Gasteiger partial charge in [0.05, 0.1) is 6.42 Å². The fraction of sp³-hybridized carbons (Fsp3) is 0.900. The average molecular weight is 511 g/mol. The van der Waals surface area contributed by atoms with Crippen LogP contribution in [0.1, 0.15) is 151 Å². The zero-order chi connectivity index (χ0) is 27.5. The van der Waals surface area contributed by atoms with Gasteiger partial charge in [-0.3, -0.25) is 14.4 Å². The Morgan fingerprint density at radius 1 is 0.722 bits per heavy atom.